The summed E-state index contributed by atoms with van der Waals surface area (Å²) in [5.74, 6) is 3.49. The lowest BCUT2D eigenvalue weighted by atomic mass is 10.1. The molecular weight excluding hydrogens is 276 g/mol. The topological polar surface area (TPSA) is 70.7 Å². The van der Waals surface area contributed by atoms with Crippen LogP contribution in [0.15, 0.2) is 24.3 Å². The zero-order valence-electron chi connectivity index (χ0n) is 12.7. The smallest absolute Gasteiger partial charge is 0.223 e. The van der Waals surface area contributed by atoms with E-state index in [0.717, 1.165) is 29.3 Å². The van der Waals surface area contributed by atoms with Crippen LogP contribution in [0, 0.1) is 24.7 Å². The molecule has 1 amide bonds. The number of nitrogens with zero attached hydrogens (tertiary/aromatic N) is 2. The third kappa shape index (κ3) is 2.75. The first-order valence-electron chi connectivity index (χ1n) is 7.97. The largest absolute Gasteiger partial charge is 0.352 e. The van der Waals surface area contributed by atoms with Crippen molar-refractivity contribution in [2.24, 2.45) is 17.8 Å². The summed E-state index contributed by atoms with van der Waals surface area (Å²) in [5, 5.41) is 10.1. The highest BCUT2D eigenvalue weighted by atomic mass is 16.2. The van der Waals surface area contributed by atoms with Gasteiger partial charge in [-0.05, 0) is 49.7 Å². The molecule has 2 saturated carbocycles. The van der Waals surface area contributed by atoms with Gasteiger partial charge in [-0.1, -0.05) is 18.2 Å². The van der Waals surface area contributed by atoms with Gasteiger partial charge in [-0.2, -0.15) is 5.10 Å². The molecule has 1 heterocycles. The van der Waals surface area contributed by atoms with Gasteiger partial charge in [-0.3, -0.25) is 9.89 Å². The Hall–Kier alpha value is -2.17. The SMILES string of the molecule is Cc1nc(-c2cccc(CNC(=O)[C@H]3C[C@@H]3C3CC3)c2)n[nH]1. The van der Waals surface area contributed by atoms with Crippen LogP contribution in [0.3, 0.4) is 0 Å². The van der Waals surface area contributed by atoms with Gasteiger partial charge < -0.3 is 5.32 Å². The van der Waals surface area contributed by atoms with Crippen molar-refractivity contribution < 1.29 is 4.79 Å². The van der Waals surface area contributed by atoms with Gasteiger partial charge in [0.2, 0.25) is 5.91 Å². The van der Waals surface area contributed by atoms with Crippen LogP contribution < -0.4 is 5.32 Å². The van der Waals surface area contributed by atoms with Crippen molar-refractivity contribution in [3.63, 3.8) is 0 Å². The summed E-state index contributed by atoms with van der Waals surface area (Å²) in [6, 6.07) is 8.02. The molecule has 22 heavy (non-hydrogen) atoms. The number of nitrogens with one attached hydrogen (secondary N) is 2. The lowest BCUT2D eigenvalue weighted by molar-refractivity contribution is -0.122. The molecule has 1 aromatic carbocycles. The Morgan fingerprint density at radius 2 is 2.27 bits per heavy atom. The quantitative estimate of drug-likeness (QED) is 0.890. The van der Waals surface area contributed by atoms with Crippen molar-refractivity contribution in [3.8, 4) is 11.4 Å². The summed E-state index contributed by atoms with van der Waals surface area (Å²) in [4.78, 5) is 16.5. The number of aryl methyl sites for hydroxylation is 1. The minimum atomic E-state index is 0.219. The summed E-state index contributed by atoms with van der Waals surface area (Å²) < 4.78 is 0. The van der Waals surface area contributed by atoms with Crippen molar-refractivity contribution in [1.29, 1.82) is 0 Å². The average Bonchev–Trinajstić information content (AvgIpc) is 3.42. The van der Waals surface area contributed by atoms with Gasteiger partial charge in [-0.25, -0.2) is 4.98 Å². The molecule has 2 aliphatic carbocycles. The van der Waals surface area contributed by atoms with Gasteiger partial charge in [0.1, 0.15) is 5.82 Å². The predicted octanol–water partition coefficient (Wildman–Crippen LogP) is 2.44. The Labute approximate surface area is 129 Å². The fourth-order valence-corrected chi connectivity index (χ4v) is 3.17. The number of aromatic amines is 1. The van der Waals surface area contributed by atoms with E-state index in [4.69, 9.17) is 0 Å². The molecule has 114 valence electrons. The van der Waals surface area contributed by atoms with Crippen molar-refractivity contribution >= 4 is 5.91 Å². The molecule has 2 N–H and O–H groups in total. The minimum Gasteiger partial charge on any atom is -0.352 e. The second-order valence-electron chi connectivity index (χ2n) is 6.51. The van der Waals surface area contributed by atoms with Crippen LogP contribution in [-0.2, 0) is 11.3 Å². The fraction of sp³-hybridized carbons (Fsp3) is 0.471. The number of benzene rings is 1. The Kier molecular flexibility index (Phi) is 3.21. The van der Waals surface area contributed by atoms with E-state index < -0.39 is 0 Å². The molecule has 5 heteroatoms. The molecule has 2 aromatic rings. The molecule has 0 radical (unpaired) electrons. The number of hydrogen-bond acceptors (Lipinski definition) is 3. The van der Waals surface area contributed by atoms with Gasteiger partial charge >= 0.3 is 0 Å². The molecule has 0 spiro atoms. The molecule has 2 atom stereocenters. The standard InChI is InChI=1S/C17H20N4O/c1-10-19-16(21-20-10)13-4-2-3-11(7-13)9-18-17(22)15-8-14(15)12-5-6-12/h2-4,7,12,14-15H,5-6,8-9H2,1H3,(H,18,22)(H,19,20,21)/t14-,15+/m1/s1. The molecule has 0 aliphatic heterocycles. The third-order valence-electron chi connectivity index (χ3n) is 4.65. The number of carbonyl (C=O) groups excluding carboxylic acids is 1. The van der Waals surface area contributed by atoms with E-state index in [0.29, 0.717) is 18.3 Å². The molecular formula is C17H20N4O. The average molecular weight is 296 g/mol. The van der Waals surface area contributed by atoms with Crippen LogP contribution in [0.25, 0.3) is 11.4 Å². The maximum atomic E-state index is 12.1. The van der Waals surface area contributed by atoms with Crippen LogP contribution >= 0.6 is 0 Å². The zero-order valence-corrected chi connectivity index (χ0v) is 12.7. The van der Waals surface area contributed by atoms with Crippen molar-refractivity contribution in [2.75, 3.05) is 0 Å². The first-order chi connectivity index (χ1) is 10.7. The summed E-state index contributed by atoms with van der Waals surface area (Å²) in [6.07, 6.45) is 3.74. The van der Waals surface area contributed by atoms with Crippen LogP contribution in [0.4, 0.5) is 0 Å². The first-order valence-corrected chi connectivity index (χ1v) is 7.97. The normalized spacial score (nSPS) is 23.3. The van der Waals surface area contributed by atoms with Crippen LogP contribution in [-0.4, -0.2) is 21.1 Å². The minimum absolute atomic E-state index is 0.219. The number of amides is 1. The second-order valence-corrected chi connectivity index (χ2v) is 6.51. The first kappa shape index (κ1) is 13.5. The lowest BCUT2D eigenvalue weighted by Crippen LogP contribution is -2.25. The highest BCUT2D eigenvalue weighted by Gasteiger charge is 2.50. The lowest BCUT2D eigenvalue weighted by Gasteiger charge is -2.06. The molecule has 4 rings (SSSR count). The Morgan fingerprint density at radius 1 is 1.41 bits per heavy atom. The van der Waals surface area contributed by atoms with Gasteiger partial charge in [0, 0.05) is 18.0 Å². The van der Waals surface area contributed by atoms with Crippen LogP contribution in [0.2, 0.25) is 0 Å². The van der Waals surface area contributed by atoms with Crippen LogP contribution in [0.1, 0.15) is 30.7 Å². The van der Waals surface area contributed by atoms with E-state index in [-0.39, 0.29) is 11.8 Å². The number of carbonyl (C=O) groups is 1. The predicted molar refractivity (Wildman–Crippen MR) is 82.7 cm³/mol. The van der Waals surface area contributed by atoms with Crippen molar-refractivity contribution in [3.05, 3.63) is 35.7 Å². The van der Waals surface area contributed by atoms with E-state index in [9.17, 15) is 4.79 Å². The maximum absolute atomic E-state index is 12.1. The van der Waals surface area contributed by atoms with E-state index in [1.54, 1.807) is 0 Å². The number of hydrogen-bond donors (Lipinski definition) is 2. The summed E-state index contributed by atoms with van der Waals surface area (Å²) in [7, 11) is 0. The van der Waals surface area contributed by atoms with Crippen LogP contribution in [0.5, 0.6) is 0 Å². The summed E-state index contributed by atoms with van der Waals surface area (Å²) >= 11 is 0. The fourth-order valence-electron chi connectivity index (χ4n) is 3.17. The van der Waals surface area contributed by atoms with Gasteiger partial charge in [0.25, 0.3) is 0 Å². The number of aromatic nitrogens is 3. The number of H-pyrrole nitrogens is 1. The molecule has 0 saturated heterocycles. The Morgan fingerprint density at radius 3 is 3.00 bits per heavy atom. The molecule has 0 bridgehead atoms. The van der Waals surface area contributed by atoms with Gasteiger partial charge in [0.05, 0.1) is 0 Å². The van der Waals surface area contributed by atoms with Gasteiger partial charge in [-0.15, -0.1) is 0 Å². The third-order valence-corrected chi connectivity index (χ3v) is 4.65. The highest BCUT2D eigenvalue weighted by Crippen LogP contribution is 2.54. The van der Waals surface area contributed by atoms with E-state index in [1.165, 1.54) is 12.8 Å². The van der Waals surface area contributed by atoms with E-state index in [2.05, 4.69) is 20.5 Å². The van der Waals surface area contributed by atoms with Crippen molar-refractivity contribution in [2.45, 2.75) is 32.7 Å². The molecule has 5 nitrogen and oxygen atoms in total. The van der Waals surface area contributed by atoms with E-state index >= 15 is 0 Å². The number of rotatable bonds is 5. The molecule has 1 aromatic heterocycles. The summed E-state index contributed by atoms with van der Waals surface area (Å²) in [6.45, 7) is 2.45. The monoisotopic (exact) mass is 296 g/mol. The van der Waals surface area contributed by atoms with E-state index in [1.807, 2.05) is 31.2 Å². The Balaban J connectivity index is 1.37. The molecule has 2 fully saturated rings. The molecule has 2 aliphatic rings. The van der Waals surface area contributed by atoms with Crippen molar-refractivity contribution in [1.82, 2.24) is 20.5 Å². The maximum Gasteiger partial charge on any atom is 0.223 e. The Bertz CT molecular complexity index is 704. The summed E-state index contributed by atoms with van der Waals surface area (Å²) in [5.41, 5.74) is 2.05. The zero-order chi connectivity index (χ0) is 15.1. The van der Waals surface area contributed by atoms with Gasteiger partial charge in [0.15, 0.2) is 5.82 Å². The second kappa shape index (κ2) is 5.23. The molecule has 0 unspecified atom stereocenters. The highest BCUT2D eigenvalue weighted by molar-refractivity contribution is 5.81.